The van der Waals surface area contributed by atoms with Gasteiger partial charge in [0.25, 0.3) is 0 Å². The standard InChI is InChI=1S/C13H17NO/c1-15-12-8-4-7-11-13(12)9-5-2-3-6-10(9)14-11/h3,6,12,14H,2,4-5,7-8H2,1H3. The highest BCUT2D eigenvalue weighted by Gasteiger charge is 2.27. The summed E-state index contributed by atoms with van der Waals surface area (Å²) >= 11 is 0. The van der Waals surface area contributed by atoms with E-state index < -0.39 is 0 Å². The Bertz CT molecular complexity index is 403. The highest BCUT2D eigenvalue weighted by molar-refractivity contribution is 5.58. The average Bonchev–Trinajstić information content (AvgIpc) is 2.67. The van der Waals surface area contributed by atoms with Crippen LogP contribution in [0.2, 0.25) is 0 Å². The van der Waals surface area contributed by atoms with E-state index >= 15 is 0 Å². The van der Waals surface area contributed by atoms with Crippen molar-refractivity contribution in [3.63, 3.8) is 0 Å². The van der Waals surface area contributed by atoms with Crippen LogP contribution in [0.15, 0.2) is 6.08 Å². The number of ether oxygens (including phenoxy) is 1. The largest absolute Gasteiger partial charge is 0.377 e. The van der Waals surface area contributed by atoms with Crippen LogP contribution >= 0.6 is 0 Å². The summed E-state index contributed by atoms with van der Waals surface area (Å²) in [6, 6.07) is 0. The zero-order valence-electron chi connectivity index (χ0n) is 9.18. The Hall–Kier alpha value is -1.02. The van der Waals surface area contributed by atoms with Crippen molar-refractivity contribution in [1.82, 2.24) is 4.98 Å². The summed E-state index contributed by atoms with van der Waals surface area (Å²) in [7, 11) is 1.83. The Morgan fingerprint density at radius 3 is 3.20 bits per heavy atom. The van der Waals surface area contributed by atoms with Crippen molar-refractivity contribution in [2.24, 2.45) is 0 Å². The van der Waals surface area contributed by atoms with E-state index in [-0.39, 0.29) is 0 Å². The van der Waals surface area contributed by atoms with Gasteiger partial charge in [-0.1, -0.05) is 6.08 Å². The number of aromatic amines is 1. The Morgan fingerprint density at radius 1 is 1.40 bits per heavy atom. The third kappa shape index (κ3) is 1.36. The molecule has 1 unspecified atom stereocenters. The molecule has 0 aliphatic heterocycles. The van der Waals surface area contributed by atoms with Gasteiger partial charge in [0, 0.05) is 24.1 Å². The second-order valence-electron chi connectivity index (χ2n) is 4.47. The number of hydrogen-bond donors (Lipinski definition) is 1. The third-order valence-electron chi connectivity index (χ3n) is 3.61. The van der Waals surface area contributed by atoms with Crippen LogP contribution in [0.1, 0.15) is 47.9 Å². The van der Waals surface area contributed by atoms with E-state index in [4.69, 9.17) is 4.74 Å². The molecule has 0 saturated carbocycles. The molecule has 1 heterocycles. The van der Waals surface area contributed by atoms with Crippen molar-refractivity contribution in [2.75, 3.05) is 7.11 Å². The van der Waals surface area contributed by atoms with E-state index in [1.54, 1.807) is 0 Å². The van der Waals surface area contributed by atoms with Gasteiger partial charge in [-0.05, 0) is 43.7 Å². The minimum absolute atomic E-state index is 0.334. The Labute approximate surface area is 90.3 Å². The van der Waals surface area contributed by atoms with E-state index in [9.17, 15) is 0 Å². The van der Waals surface area contributed by atoms with Gasteiger partial charge >= 0.3 is 0 Å². The van der Waals surface area contributed by atoms with E-state index in [2.05, 4.69) is 17.1 Å². The molecule has 1 N–H and O–H groups in total. The first-order valence-corrected chi connectivity index (χ1v) is 5.83. The summed E-state index contributed by atoms with van der Waals surface area (Å²) in [6.45, 7) is 0. The number of fused-ring (bicyclic) bond motifs is 3. The minimum atomic E-state index is 0.334. The maximum atomic E-state index is 5.60. The van der Waals surface area contributed by atoms with Crippen LogP contribution in [0.5, 0.6) is 0 Å². The van der Waals surface area contributed by atoms with Crippen molar-refractivity contribution in [3.8, 4) is 0 Å². The first-order valence-electron chi connectivity index (χ1n) is 5.83. The molecule has 3 rings (SSSR count). The number of H-pyrrole nitrogens is 1. The molecular formula is C13H17NO. The molecular weight excluding hydrogens is 186 g/mol. The van der Waals surface area contributed by atoms with Gasteiger partial charge in [-0.2, -0.15) is 0 Å². The maximum absolute atomic E-state index is 5.60. The van der Waals surface area contributed by atoms with Crippen LogP contribution in [0.4, 0.5) is 0 Å². The number of nitrogens with one attached hydrogen (secondary N) is 1. The Balaban J connectivity index is 2.12. The van der Waals surface area contributed by atoms with Gasteiger partial charge in [-0.3, -0.25) is 0 Å². The molecule has 0 spiro atoms. The van der Waals surface area contributed by atoms with Crippen LogP contribution < -0.4 is 0 Å². The maximum Gasteiger partial charge on any atom is 0.0841 e. The highest BCUT2D eigenvalue weighted by atomic mass is 16.5. The fraction of sp³-hybridized carbons (Fsp3) is 0.538. The van der Waals surface area contributed by atoms with E-state index in [1.807, 2.05) is 7.11 Å². The summed E-state index contributed by atoms with van der Waals surface area (Å²) in [6.07, 6.45) is 10.8. The molecule has 15 heavy (non-hydrogen) atoms. The quantitative estimate of drug-likeness (QED) is 0.745. The number of hydrogen-bond acceptors (Lipinski definition) is 1. The fourth-order valence-electron chi connectivity index (χ4n) is 2.90. The molecule has 2 nitrogen and oxygen atoms in total. The van der Waals surface area contributed by atoms with Gasteiger partial charge in [-0.15, -0.1) is 0 Å². The first kappa shape index (κ1) is 9.22. The van der Waals surface area contributed by atoms with Crippen LogP contribution in [0, 0.1) is 0 Å². The molecule has 0 bridgehead atoms. The Morgan fingerprint density at radius 2 is 2.33 bits per heavy atom. The second-order valence-corrected chi connectivity index (χ2v) is 4.47. The lowest BCUT2D eigenvalue weighted by atomic mass is 9.89. The van der Waals surface area contributed by atoms with Gasteiger partial charge in [0.05, 0.1) is 6.10 Å². The van der Waals surface area contributed by atoms with Crippen molar-refractivity contribution in [2.45, 2.75) is 38.2 Å². The monoisotopic (exact) mass is 203 g/mol. The summed E-state index contributed by atoms with van der Waals surface area (Å²) in [5, 5.41) is 0. The van der Waals surface area contributed by atoms with Gasteiger partial charge < -0.3 is 9.72 Å². The molecule has 1 atom stereocenters. The zero-order valence-corrected chi connectivity index (χ0v) is 9.18. The topological polar surface area (TPSA) is 25.0 Å². The molecule has 0 radical (unpaired) electrons. The van der Waals surface area contributed by atoms with Crippen molar-refractivity contribution in [3.05, 3.63) is 28.6 Å². The Kier molecular flexibility index (Phi) is 2.17. The lowest BCUT2D eigenvalue weighted by Crippen LogP contribution is -2.12. The number of aryl methyl sites for hydroxylation is 1. The predicted molar refractivity (Wildman–Crippen MR) is 60.8 cm³/mol. The van der Waals surface area contributed by atoms with Crippen molar-refractivity contribution in [1.29, 1.82) is 0 Å². The second kappa shape index (κ2) is 3.53. The SMILES string of the molecule is COC1CCCc2[nH]c3c(c21)CCC=C3. The third-order valence-corrected chi connectivity index (χ3v) is 3.61. The summed E-state index contributed by atoms with van der Waals surface area (Å²) in [4.78, 5) is 3.55. The smallest absolute Gasteiger partial charge is 0.0841 e. The number of rotatable bonds is 1. The van der Waals surface area contributed by atoms with E-state index in [0.29, 0.717) is 6.10 Å². The number of allylic oxidation sites excluding steroid dienone is 1. The minimum Gasteiger partial charge on any atom is -0.377 e. The normalized spacial score (nSPS) is 23.7. The van der Waals surface area contributed by atoms with Crippen molar-refractivity contribution < 1.29 is 4.74 Å². The van der Waals surface area contributed by atoms with Gasteiger partial charge in [0.2, 0.25) is 0 Å². The molecule has 0 fully saturated rings. The fourth-order valence-corrected chi connectivity index (χ4v) is 2.90. The lowest BCUT2D eigenvalue weighted by Gasteiger charge is -2.23. The van der Waals surface area contributed by atoms with E-state index in [1.165, 1.54) is 54.6 Å². The number of methoxy groups -OCH3 is 1. The molecule has 80 valence electrons. The molecule has 2 heteroatoms. The summed E-state index contributed by atoms with van der Waals surface area (Å²) in [5.41, 5.74) is 5.74. The van der Waals surface area contributed by atoms with Crippen LogP contribution in [0.25, 0.3) is 6.08 Å². The van der Waals surface area contributed by atoms with E-state index in [0.717, 1.165) is 0 Å². The highest BCUT2D eigenvalue weighted by Crippen LogP contribution is 2.38. The average molecular weight is 203 g/mol. The van der Waals surface area contributed by atoms with Crippen LogP contribution in [0.3, 0.4) is 0 Å². The molecule has 1 aromatic rings. The zero-order chi connectivity index (χ0) is 10.3. The van der Waals surface area contributed by atoms with Gasteiger partial charge in [-0.25, -0.2) is 0 Å². The number of aromatic nitrogens is 1. The first-order chi connectivity index (χ1) is 7.40. The van der Waals surface area contributed by atoms with Crippen LogP contribution in [-0.4, -0.2) is 12.1 Å². The molecule has 0 aromatic carbocycles. The van der Waals surface area contributed by atoms with Gasteiger partial charge in [0.15, 0.2) is 0 Å². The molecule has 1 aromatic heterocycles. The lowest BCUT2D eigenvalue weighted by molar-refractivity contribution is 0.0873. The van der Waals surface area contributed by atoms with Gasteiger partial charge in [0.1, 0.15) is 0 Å². The predicted octanol–water partition coefficient (Wildman–Crippen LogP) is 3.00. The molecule has 2 aliphatic carbocycles. The van der Waals surface area contributed by atoms with Crippen molar-refractivity contribution >= 4 is 6.08 Å². The molecule has 2 aliphatic rings. The molecule has 0 amide bonds. The summed E-state index contributed by atoms with van der Waals surface area (Å²) < 4.78 is 5.60. The van der Waals surface area contributed by atoms with Crippen LogP contribution in [-0.2, 0) is 17.6 Å². The molecule has 0 saturated heterocycles. The summed E-state index contributed by atoms with van der Waals surface area (Å²) in [5.74, 6) is 0.